The average molecular weight is 480 g/mol. The molecular weight excluding hydrogens is 458 g/mol. The van der Waals surface area contributed by atoms with Gasteiger partial charge in [0.15, 0.2) is 0 Å². The molecule has 7 heteroatoms. The van der Waals surface area contributed by atoms with Gasteiger partial charge in [-0.15, -0.1) is 0 Å². The molecule has 1 aliphatic heterocycles. The van der Waals surface area contributed by atoms with Crippen molar-refractivity contribution in [2.75, 3.05) is 13.6 Å². The summed E-state index contributed by atoms with van der Waals surface area (Å²) in [6, 6.07) is 20.5. The summed E-state index contributed by atoms with van der Waals surface area (Å²) in [6.45, 7) is 1.73. The van der Waals surface area contributed by atoms with Crippen LogP contribution in [0.2, 0.25) is 0 Å². The van der Waals surface area contributed by atoms with Crippen molar-refractivity contribution in [1.29, 1.82) is 0 Å². The van der Waals surface area contributed by atoms with Crippen LogP contribution in [-0.2, 0) is 21.7 Å². The van der Waals surface area contributed by atoms with E-state index in [-0.39, 0.29) is 12.5 Å². The Morgan fingerprint density at radius 1 is 1.03 bits per heavy atom. The van der Waals surface area contributed by atoms with Gasteiger partial charge in [0.25, 0.3) is 5.91 Å². The van der Waals surface area contributed by atoms with Gasteiger partial charge < -0.3 is 10.2 Å². The Kier molecular flexibility index (Phi) is 5.54. The lowest BCUT2D eigenvalue weighted by molar-refractivity contribution is -0.138. The number of carbonyl (C=O) groups is 3. The first-order valence-electron chi connectivity index (χ1n) is 9.90. The number of fused-ring (bicyclic) bond motifs is 1. The number of likely N-dealkylation sites (N-methyl/N-ethyl adjacent to an activating group) is 1. The minimum absolute atomic E-state index is 0.311. The van der Waals surface area contributed by atoms with Gasteiger partial charge in [-0.1, -0.05) is 70.5 Å². The van der Waals surface area contributed by atoms with Crippen molar-refractivity contribution >= 4 is 44.5 Å². The predicted octanol–water partition coefficient (Wildman–Crippen LogP) is 4.03. The minimum atomic E-state index is -1.22. The number of rotatable bonds is 5. The number of nitrogens with zero attached hydrogens (tertiary/aromatic N) is 2. The lowest BCUT2D eigenvalue weighted by Crippen LogP contribution is -2.43. The highest BCUT2D eigenvalue weighted by atomic mass is 79.9. The van der Waals surface area contributed by atoms with E-state index >= 15 is 0 Å². The van der Waals surface area contributed by atoms with E-state index in [0.29, 0.717) is 12.1 Å². The molecule has 0 saturated carbocycles. The maximum Gasteiger partial charge on any atom is 0.325 e. The van der Waals surface area contributed by atoms with E-state index in [1.54, 1.807) is 14.0 Å². The predicted molar refractivity (Wildman–Crippen MR) is 122 cm³/mol. The summed E-state index contributed by atoms with van der Waals surface area (Å²) in [7, 11) is 1.66. The molecular formula is C24H22BrN3O3. The molecule has 0 aliphatic carbocycles. The second-order valence-corrected chi connectivity index (χ2v) is 8.70. The van der Waals surface area contributed by atoms with Crippen LogP contribution in [0.1, 0.15) is 18.1 Å². The monoisotopic (exact) mass is 479 g/mol. The van der Waals surface area contributed by atoms with Gasteiger partial charge in [-0.25, -0.2) is 4.79 Å². The number of benzene rings is 3. The third-order valence-corrected chi connectivity index (χ3v) is 6.46. The Hall–Kier alpha value is -3.19. The molecule has 6 nitrogen and oxygen atoms in total. The smallest absolute Gasteiger partial charge is 0.325 e. The maximum absolute atomic E-state index is 13.2. The molecule has 31 heavy (non-hydrogen) atoms. The maximum atomic E-state index is 13.2. The fourth-order valence-electron chi connectivity index (χ4n) is 3.76. The summed E-state index contributed by atoms with van der Waals surface area (Å²) in [5.41, 5.74) is 0.403. The van der Waals surface area contributed by atoms with Crippen LogP contribution in [-0.4, -0.2) is 41.2 Å². The summed E-state index contributed by atoms with van der Waals surface area (Å²) in [4.78, 5) is 41.1. The molecule has 0 bridgehead atoms. The van der Waals surface area contributed by atoms with Crippen molar-refractivity contribution in [2.24, 2.45) is 0 Å². The van der Waals surface area contributed by atoms with Crippen LogP contribution in [0.4, 0.5) is 4.79 Å². The Morgan fingerprint density at radius 3 is 2.45 bits per heavy atom. The van der Waals surface area contributed by atoms with Gasteiger partial charge in [0, 0.05) is 18.1 Å². The van der Waals surface area contributed by atoms with Gasteiger partial charge in [0.2, 0.25) is 5.91 Å². The number of urea groups is 1. The van der Waals surface area contributed by atoms with Crippen LogP contribution >= 0.6 is 15.9 Å². The number of nitrogens with one attached hydrogen (secondary N) is 1. The van der Waals surface area contributed by atoms with Crippen molar-refractivity contribution in [3.63, 3.8) is 0 Å². The van der Waals surface area contributed by atoms with Crippen molar-refractivity contribution in [3.05, 3.63) is 82.3 Å². The number of amides is 4. The molecule has 1 saturated heterocycles. The number of hydrogen-bond donors (Lipinski definition) is 1. The Bertz CT molecular complexity index is 1200. The molecule has 1 fully saturated rings. The molecule has 4 rings (SSSR count). The van der Waals surface area contributed by atoms with E-state index in [2.05, 4.69) is 21.2 Å². The van der Waals surface area contributed by atoms with Crippen molar-refractivity contribution < 1.29 is 14.4 Å². The fraction of sp³-hybridized carbons (Fsp3) is 0.208. The molecule has 1 N–H and O–H groups in total. The largest absolute Gasteiger partial charge is 0.340 e. The van der Waals surface area contributed by atoms with Gasteiger partial charge in [-0.05, 0) is 41.0 Å². The van der Waals surface area contributed by atoms with Crippen LogP contribution in [0, 0.1) is 0 Å². The van der Waals surface area contributed by atoms with Crippen LogP contribution in [0.25, 0.3) is 10.8 Å². The Morgan fingerprint density at radius 2 is 1.71 bits per heavy atom. The van der Waals surface area contributed by atoms with Crippen molar-refractivity contribution in [3.8, 4) is 0 Å². The number of carbonyl (C=O) groups excluding carboxylic acids is 3. The zero-order valence-electron chi connectivity index (χ0n) is 17.3. The van der Waals surface area contributed by atoms with Crippen molar-refractivity contribution in [1.82, 2.24) is 15.1 Å². The molecule has 0 unspecified atom stereocenters. The third-order valence-electron chi connectivity index (χ3n) is 5.69. The molecule has 0 radical (unpaired) electrons. The minimum Gasteiger partial charge on any atom is -0.340 e. The first-order valence-corrected chi connectivity index (χ1v) is 10.7. The van der Waals surface area contributed by atoms with E-state index in [1.165, 1.54) is 4.90 Å². The first-order chi connectivity index (χ1) is 14.8. The standard InChI is InChI=1S/C24H22BrN3O3/c1-24(19-12-11-16-7-3-4-8-17(16)13-19)22(30)28(23(31)26-24)15-21(29)27(2)14-18-9-5-6-10-20(18)25/h3-13H,14-15H2,1-2H3,(H,26,31)/t24-/m1/s1. The van der Waals surface area contributed by atoms with Gasteiger partial charge in [0.1, 0.15) is 12.1 Å². The van der Waals surface area contributed by atoms with Gasteiger partial charge in [0.05, 0.1) is 0 Å². The zero-order valence-corrected chi connectivity index (χ0v) is 18.8. The number of imide groups is 1. The first kappa shape index (κ1) is 21.1. The molecule has 158 valence electrons. The lowest BCUT2D eigenvalue weighted by Gasteiger charge is -2.24. The highest BCUT2D eigenvalue weighted by Gasteiger charge is 2.49. The van der Waals surface area contributed by atoms with E-state index in [0.717, 1.165) is 25.7 Å². The van der Waals surface area contributed by atoms with E-state index in [1.807, 2.05) is 66.7 Å². The van der Waals surface area contributed by atoms with Crippen LogP contribution in [0.3, 0.4) is 0 Å². The van der Waals surface area contributed by atoms with Gasteiger partial charge >= 0.3 is 6.03 Å². The summed E-state index contributed by atoms with van der Waals surface area (Å²) >= 11 is 3.47. The SMILES string of the molecule is CN(Cc1ccccc1Br)C(=O)CN1C(=O)N[C@](C)(c2ccc3ccccc3c2)C1=O. The highest BCUT2D eigenvalue weighted by molar-refractivity contribution is 9.10. The van der Waals surface area contributed by atoms with Crippen LogP contribution in [0.5, 0.6) is 0 Å². The molecule has 0 aromatic heterocycles. The number of hydrogen-bond acceptors (Lipinski definition) is 3. The highest BCUT2D eigenvalue weighted by Crippen LogP contribution is 2.31. The van der Waals surface area contributed by atoms with E-state index in [4.69, 9.17) is 0 Å². The molecule has 1 atom stereocenters. The fourth-order valence-corrected chi connectivity index (χ4v) is 4.17. The molecule has 4 amide bonds. The van der Waals surface area contributed by atoms with E-state index in [9.17, 15) is 14.4 Å². The van der Waals surface area contributed by atoms with E-state index < -0.39 is 17.5 Å². The topological polar surface area (TPSA) is 69.7 Å². The summed E-state index contributed by atoms with van der Waals surface area (Å²) in [5, 5.41) is 4.80. The normalized spacial score (nSPS) is 18.4. The molecule has 3 aromatic rings. The van der Waals surface area contributed by atoms with Crippen LogP contribution in [0.15, 0.2) is 71.2 Å². The van der Waals surface area contributed by atoms with Gasteiger partial charge in [-0.2, -0.15) is 0 Å². The van der Waals surface area contributed by atoms with Crippen molar-refractivity contribution in [2.45, 2.75) is 19.0 Å². The number of halogens is 1. The molecule has 0 spiro atoms. The Labute approximate surface area is 189 Å². The second-order valence-electron chi connectivity index (χ2n) is 7.85. The molecule has 1 aliphatic rings. The zero-order chi connectivity index (χ0) is 22.2. The van der Waals surface area contributed by atoms with Crippen LogP contribution < -0.4 is 5.32 Å². The molecule has 3 aromatic carbocycles. The lowest BCUT2D eigenvalue weighted by atomic mass is 9.90. The second kappa shape index (κ2) is 8.15. The summed E-state index contributed by atoms with van der Waals surface area (Å²) < 4.78 is 0.897. The molecule has 1 heterocycles. The quantitative estimate of drug-likeness (QED) is 0.561. The summed E-state index contributed by atoms with van der Waals surface area (Å²) in [6.07, 6.45) is 0. The Balaban J connectivity index is 1.52. The van der Waals surface area contributed by atoms with Gasteiger partial charge in [-0.3, -0.25) is 14.5 Å². The average Bonchev–Trinajstić information content (AvgIpc) is 2.98. The third kappa shape index (κ3) is 3.93. The summed E-state index contributed by atoms with van der Waals surface area (Å²) in [5.74, 6) is -0.752.